The standard InChI is InChI=1S/C11H13N5OS/c12-8(17)6-1-3-16(5-6)9-7-2-4-18-10(7)15-11(13)14-9/h2,4,6H,1,3,5H2,(H2,12,17)(H2,13,14,15). The molecule has 1 amide bonds. The zero-order valence-corrected chi connectivity index (χ0v) is 10.5. The number of nitrogens with zero attached hydrogens (tertiary/aromatic N) is 3. The predicted molar refractivity (Wildman–Crippen MR) is 71.3 cm³/mol. The molecule has 0 saturated carbocycles. The fourth-order valence-corrected chi connectivity index (χ4v) is 3.05. The molecule has 2 aromatic rings. The monoisotopic (exact) mass is 263 g/mol. The molecule has 0 aliphatic carbocycles. The normalized spacial score (nSPS) is 19.6. The van der Waals surface area contributed by atoms with Crippen LogP contribution in [-0.4, -0.2) is 29.0 Å². The van der Waals surface area contributed by atoms with Crippen LogP contribution in [0.25, 0.3) is 10.2 Å². The molecule has 3 rings (SSSR count). The van der Waals surface area contributed by atoms with E-state index in [9.17, 15) is 4.79 Å². The SMILES string of the molecule is NC(=O)C1CCN(c2nc(N)nc3sccc23)C1. The van der Waals surface area contributed by atoms with Crippen LogP contribution < -0.4 is 16.4 Å². The minimum atomic E-state index is -0.249. The summed E-state index contributed by atoms with van der Waals surface area (Å²) in [5.74, 6) is 0.723. The average Bonchev–Trinajstić information content (AvgIpc) is 2.95. The molecule has 4 N–H and O–H groups in total. The van der Waals surface area contributed by atoms with Crippen LogP contribution in [0.3, 0.4) is 0 Å². The second-order valence-corrected chi connectivity index (χ2v) is 5.27. The number of aromatic nitrogens is 2. The van der Waals surface area contributed by atoms with Crippen molar-refractivity contribution >= 4 is 39.2 Å². The molecule has 2 aromatic heterocycles. The van der Waals surface area contributed by atoms with Crippen molar-refractivity contribution in [2.45, 2.75) is 6.42 Å². The van der Waals surface area contributed by atoms with Gasteiger partial charge in [-0.1, -0.05) is 0 Å². The smallest absolute Gasteiger partial charge is 0.223 e. The summed E-state index contributed by atoms with van der Waals surface area (Å²) in [6.45, 7) is 1.38. The third-order valence-electron chi connectivity index (χ3n) is 3.21. The van der Waals surface area contributed by atoms with Gasteiger partial charge in [-0.15, -0.1) is 11.3 Å². The van der Waals surface area contributed by atoms with Crippen LogP contribution in [0, 0.1) is 5.92 Å². The van der Waals surface area contributed by atoms with Gasteiger partial charge >= 0.3 is 0 Å². The van der Waals surface area contributed by atoms with Gasteiger partial charge in [-0.25, -0.2) is 4.98 Å². The fourth-order valence-electron chi connectivity index (χ4n) is 2.28. The van der Waals surface area contributed by atoms with Crippen LogP contribution in [-0.2, 0) is 4.79 Å². The number of amides is 1. The van der Waals surface area contributed by atoms with Crippen LogP contribution in [0.5, 0.6) is 0 Å². The summed E-state index contributed by atoms with van der Waals surface area (Å²) in [5, 5.41) is 2.95. The number of primary amides is 1. The van der Waals surface area contributed by atoms with Gasteiger partial charge in [0, 0.05) is 13.1 Å². The van der Waals surface area contributed by atoms with Crippen LogP contribution in [0.15, 0.2) is 11.4 Å². The van der Waals surface area contributed by atoms with Crippen LogP contribution in [0.4, 0.5) is 11.8 Å². The molecule has 1 fully saturated rings. The maximum Gasteiger partial charge on any atom is 0.223 e. The molecule has 0 radical (unpaired) electrons. The Balaban J connectivity index is 1.99. The lowest BCUT2D eigenvalue weighted by molar-refractivity contribution is -0.121. The van der Waals surface area contributed by atoms with Gasteiger partial charge in [-0.05, 0) is 17.9 Å². The molecule has 0 aromatic carbocycles. The van der Waals surface area contributed by atoms with Crippen molar-refractivity contribution in [3.63, 3.8) is 0 Å². The van der Waals surface area contributed by atoms with E-state index in [1.54, 1.807) is 0 Å². The van der Waals surface area contributed by atoms with E-state index in [1.807, 2.05) is 11.4 Å². The van der Waals surface area contributed by atoms with Gasteiger partial charge < -0.3 is 16.4 Å². The Hall–Kier alpha value is -1.89. The highest BCUT2D eigenvalue weighted by molar-refractivity contribution is 7.16. The average molecular weight is 263 g/mol. The van der Waals surface area contributed by atoms with Crippen molar-refractivity contribution < 1.29 is 4.79 Å². The first-order valence-electron chi connectivity index (χ1n) is 5.70. The first-order valence-corrected chi connectivity index (χ1v) is 6.58. The molecule has 1 unspecified atom stereocenters. The Morgan fingerprint density at radius 1 is 1.50 bits per heavy atom. The van der Waals surface area contributed by atoms with E-state index in [2.05, 4.69) is 14.9 Å². The lowest BCUT2D eigenvalue weighted by Gasteiger charge is -2.18. The van der Waals surface area contributed by atoms with Crippen LogP contribution in [0.1, 0.15) is 6.42 Å². The van der Waals surface area contributed by atoms with E-state index in [1.165, 1.54) is 11.3 Å². The summed E-state index contributed by atoms with van der Waals surface area (Å²) in [5.41, 5.74) is 11.1. The molecule has 7 heteroatoms. The molecule has 1 aliphatic heterocycles. The summed E-state index contributed by atoms with van der Waals surface area (Å²) in [4.78, 5) is 22.6. The van der Waals surface area contributed by atoms with Gasteiger partial charge in [-0.3, -0.25) is 4.79 Å². The number of fused-ring (bicyclic) bond motifs is 1. The maximum atomic E-state index is 11.2. The Labute approximate surface area is 108 Å². The van der Waals surface area contributed by atoms with E-state index in [4.69, 9.17) is 11.5 Å². The summed E-state index contributed by atoms with van der Waals surface area (Å²) in [6.07, 6.45) is 0.769. The number of rotatable bonds is 2. The summed E-state index contributed by atoms with van der Waals surface area (Å²) in [7, 11) is 0. The quantitative estimate of drug-likeness (QED) is 0.826. The molecule has 6 nitrogen and oxygen atoms in total. The largest absolute Gasteiger partial charge is 0.369 e. The van der Waals surface area contributed by atoms with Gasteiger partial charge in [0.2, 0.25) is 11.9 Å². The Kier molecular flexibility index (Phi) is 2.55. The zero-order chi connectivity index (χ0) is 12.7. The summed E-state index contributed by atoms with van der Waals surface area (Å²) < 4.78 is 0. The highest BCUT2D eigenvalue weighted by atomic mass is 32.1. The first-order chi connectivity index (χ1) is 8.65. The lowest BCUT2D eigenvalue weighted by Crippen LogP contribution is -2.27. The first kappa shape index (κ1) is 11.2. The van der Waals surface area contributed by atoms with E-state index >= 15 is 0 Å². The summed E-state index contributed by atoms with van der Waals surface area (Å²) in [6, 6.07) is 1.98. The number of carbonyl (C=O) groups is 1. The highest BCUT2D eigenvalue weighted by Gasteiger charge is 2.28. The Bertz CT molecular complexity index is 610. The van der Waals surface area contributed by atoms with Crippen molar-refractivity contribution in [3.05, 3.63) is 11.4 Å². The number of thiophene rings is 1. The van der Waals surface area contributed by atoms with E-state index in [0.717, 1.165) is 29.0 Å². The van der Waals surface area contributed by atoms with Crippen molar-refractivity contribution in [1.82, 2.24) is 9.97 Å². The summed E-state index contributed by atoms with van der Waals surface area (Å²) >= 11 is 1.53. The third kappa shape index (κ3) is 1.76. The van der Waals surface area contributed by atoms with Crippen molar-refractivity contribution in [2.24, 2.45) is 11.7 Å². The third-order valence-corrected chi connectivity index (χ3v) is 4.02. The molecule has 1 aliphatic rings. The van der Waals surface area contributed by atoms with Gasteiger partial charge in [-0.2, -0.15) is 4.98 Å². The van der Waals surface area contributed by atoms with Crippen molar-refractivity contribution in [1.29, 1.82) is 0 Å². The van der Waals surface area contributed by atoms with Crippen LogP contribution in [0.2, 0.25) is 0 Å². The molecule has 1 saturated heterocycles. The molecule has 3 heterocycles. The minimum Gasteiger partial charge on any atom is -0.369 e. The Morgan fingerprint density at radius 3 is 3.06 bits per heavy atom. The van der Waals surface area contributed by atoms with E-state index in [0.29, 0.717) is 6.54 Å². The van der Waals surface area contributed by atoms with Crippen LogP contribution >= 0.6 is 11.3 Å². The molecule has 0 bridgehead atoms. The second kappa shape index (κ2) is 4.09. The number of anilines is 2. The molecule has 1 atom stereocenters. The molecular weight excluding hydrogens is 250 g/mol. The predicted octanol–water partition coefficient (Wildman–Crippen LogP) is 0.585. The maximum absolute atomic E-state index is 11.2. The number of hydrogen-bond acceptors (Lipinski definition) is 6. The second-order valence-electron chi connectivity index (χ2n) is 4.38. The molecule has 18 heavy (non-hydrogen) atoms. The van der Waals surface area contributed by atoms with Gasteiger partial charge in [0.15, 0.2) is 0 Å². The zero-order valence-electron chi connectivity index (χ0n) is 9.67. The number of hydrogen-bond donors (Lipinski definition) is 2. The number of nitrogens with two attached hydrogens (primary N) is 2. The van der Waals surface area contributed by atoms with Crippen molar-refractivity contribution in [3.8, 4) is 0 Å². The van der Waals surface area contributed by atoms with Gasteiger partial charge in [0.05, 0.1) is 11.3 Å². The van der Waals surface area contributed by atoms with Gasteiger partial charge in [0.25, 0.3) is 0 Å². The number of nitrogen functional groups attached to an aromatic ring is 1. The Morgan fingerprint density at radius 2 is 2.33 bits per heavy atom. The lowest BCUT2D eigenvalue weighted by atomic mass is 10.1. The topological polar surface area (TPSA) is 98.1 Å². The van der Waals surface area contributed by atoms with E-state index in [-0.39, 0.29) is 17.8 Å². The number of carbonyl (C=O) groups excluding carboxylic acids is 1. The molecule has 0 spiro atoms. The van der Waals surface area contributed by atoms with E-state index < -0.39 is 0 Å². The molecule has 94 valence electrons. The van der Waals surface area contributed by atoms with Crippen molar-refractivity contribution in [2.75, 3.05) is 23.7 Å². The molecular formula is C11H13N5OS. The highest BCUT2D eigenvalue weighted by Crippen LogP contribution is 2.31. The minimum absolute atomic E-state index is 0.102. The van der Waals surface area contributed by atoms with Gasteiger partial charge in [0.1, 0.15) is 10.6 Å². The fraction of sp³-hybridized carbons (Fsp3) is 0.364.